The van der Waals surface area contributed by atoms with Crippen molar-refractivity contribution in [1.82, 2.24) is 5.32 Å². The number of aliphatic carboxylic acids is 1. The first-order valence-electron chi connectivity index (χ1n) is 4.69. The lowest BCUT2D eigenvalue weighted by molar-refractivity contribution is -0.137. The van der Waals surface area contributed by atoms with Gasteiger partial charge in [-0.3, -0.25) is 9.59 Å². The maximum absolute atomic E-state index is 11.2. The van der Waals surface area contributed by atoms with Crippen LogP contribution in [0.25, 0.3) is 0 Å². The van der Waals surface area contributed by atoms with E-state index in [9.17, 15) is 14.7 Å². The standard InChI is InChI=1S/C9H17NO5/c1-9(15,3-5-11)6-7(12)10-4-2-8(13)14/h11,15H,2-6H2,1H3,(H,10,12)(H,13,14). The number of hydrogen-bond acceptors (Lipinski definition) is 4. The molecule has 0 spiro atoms. The van der Waals surface area contributed by atoms with Crippen molar-refractivity contribution in [3.63, 3.8) is 0 Å². The lowest BCUT2D eigenvalue weighted by Crippen LogP contribution is -2.36. The van der Waals surface area contributed by atoms with E-state index >= 15 is 0 Å². The van der Waals surface area contributed by atoms with Crippen molar-refractivity contribution in [1.29, 1.82) is 0 Å². The van der Waals surface area contributed by atoms with E-state index in [-0.39, 0.29) is 32.4 Å². The van der Waals surface area contributed by atoms with Gasteiger partial charge in [-0.1, -0.05) is 0 Å². The van der Waals surface area contributed by atoms with Crippen molar-refractivity contribution in [2.24, 2.45) is 0 Å². The van der Waals surface area contributed by atoms with Gasteiger partial charge >= 0.3 is 5.97 Å². The maximum Gasteiger partial charge on any atom is 0.305 e. The highest BCUT2D eigenvalue weighted by Crippen LogP contribution is 2.13. The van der Waals surface area contributed by atoms with Gasteiger partial charge in [-0.15, -0.1) is 0 Å². The fourth-order valence-electron chi connectivity index (χ4n) is 1.05. The zero-order chi connectivity index (χ0) is 11.9. The Balaban J connectivity index is 3.77. The largest absolute Gasteiger partial charge is 0.481 e. The van der Waals surface area contributed by atoms with Gasteiger partial charge in [0, 0.05) is 13.2 Å². The predicted octanol–water partition coefficient (Wildman–Crippen LogP) is -0.899. The van der Waals surface area contributed by atoms with E-state index in [2.05, 4.69) is 5.32 Å². The molecule has 15 heavy (non-hydrogen) atoms. The van der Waals surface area contributed by atoms with Crippen molar-refractivity contribution >= 4 is 11.9 Å². The molecule has 88 valence electrons. The molecule has 0 aliphatic heterocycles. The van der Waals surface area contributed by atoms with Crippen molar-refractivity contribution in [3.05, 3.63) is 0 Å². The summed E-state index contributed by atoms with van der Waals surface area (Å²) in [6.45, 7) is 1.29. The highest BCUT2D eigenvalue weighted by atomic mass is 16.4. The van der Waals surface area contributed by atoms with Gasteiger partial charge in [0.15, 0.2) is 0 Å². The molecule has 1 amide bonds. The first-order valence-corrected chi connectivity index (χ1v) is 4.69. The first kappa shape index (κ1) is 13.9. The van der Waals surface area contributed by atoms with E-state index in [1.54, 1.807) is 0 Å². The molecule has 0 aliphatic carbocycles. The number of aliphatic hydroxyl groups is 2. The van der Waals surface area contributed by atoms with Crippen molar-refractivity contribution in [3.8, 4) is 0 Å². The summed E-state index contributed by atoms with van der Waals surface area (Å²) in [7, 11) is 0. The van der Waals surface area contributed by atoms with Crippen LogP contribution in [0.15, 0.2) is 0 Å². The number of rotatable bonds is 7. The van der Waals surface area contributed by atoms with E-state index in [0.717, 1.165) is 0 Å². The average Bonchev–Trinajstić information content (AvgIpc) is 2.01. The first-order chi connectivity index (χ1) is 6.87. The van der Waals surface area contributed by atoms with Crippen LogP contribution < -0.4 is 5.32 Å². The van der Waals surface area contributed by atoms with Gasteiger partial charge in [0.1, 0.15) is 0 Å². The molecule has 0 radical (unpaired) electrons. The zero-order valence-electron chi connectivity index (χ0n) is 8.69. The van der Waals surface area contributed by atoms with Crippen LogP contribution in [0, 0.1) is 0 Å². The molecular weight excluding hydrogens is 202 g/mol. The molecule has 0 aliphatic rings. The van der Waals surface area contributed by atoms with Gasteiger partial charge in [0.25, 0.3) is 0 Å². The van der Waals surface area contributed by atoms with Gasteiger partial charge in [0.2, 0.25) is 5.91 Å². The average molecular weight is 219 g/mol. The second-order valence-electron chi connectivity index (χ2n) is 3.64. The zero-order valence-corrected chi connectivity index (χ0v) is 8.69. The Labute approximate surface area is 87.9 Å². The number of carboxylic acid groups (broad SMARTS) is 1. The number of amides is 1. The molecule has 1 atom stereocenters. The van der Waals surface area contributed by atoms with Gasteiger partial charge in [-0.25, -0.2) is 0 Å². The third-order valence-electron chi connectivity index (χ3n) is 1.85. The monoisotopic (exact) mass is 219 g/mol. The van der Waals surface area contributed by atoms with Crippen LogP contribution in [0.5, 0.6) is 0 Å². The molecule has 6 nitrogen and oxygen atoms in total. The molecule has 0 saturated heterocycles. The fraction of sp³-hybridized carbons (Fsp3) is 0.778. The fourth-order valence-corrected chi connectivity index (χ4v) is 1.05. The molecule has 0 aromatic carbocycles. The minimum atomic E-state index is -1.25. The van der Waals surface area contributed by atoms with E-state index < -0.39 is 17.5 Å². The molecule has 0 fully saturated rings. The number of carboxylic acids is 1. The van der Waals surface area contributed by atoms with E-state index in [0.29, 0.717) is 0 Å². The molecule has 0 aromatic rings. The Morgan fingerprint density at radius 2 is 2.00 bits per heavy atom. The van der Waals surface area contributed by atoms with Crippen LogP contribution in [0.4, 0.5) is 0 Å². The highest BCUT2D eigenvalue weighted by Gasteiger charge is 2.23. The summed E-state index contributed by atoms with van der Waals surface area (Å²) < 4.78 is 0. The van der Waals surface area contributed by atoms with Crippen LogP contribution in [-0.4, -0.2) is 45.9 Å². The molecule has 0 bridgehead atoms. The summed E-state index contributed by atoms with van der Waals surface area (Å²) in [5, 5.41) is 28.8. The topological polar surface area (TPSA) is 107 Å². The Morgan fingerprint density at radius 3 is 2.47 bits per heavy atom. The highest BCUT2D eigenvalue weighted by molar-refractivity contribution is 5.77. The summed E-state index contributed by atoms with van der Waals surface area (Å²) in [4.78, 5) is 21.3. The van der Waals surface area contributed by atoms with E-state index in [4.69, 9.17) is 10.2 Å². The SMILES string of the molecule is CC(O)(CCO)CC(=O)NCCC(=O)O. The molecular formula is C9H17NO5. The van der Waals surface area contributed by atoms with Gasteiger partial charge in [0.05, 0.1) is 18.4 Å². The van der Waals surface area contributed by atoms with E-state index in [1.165, 1.54) is 6.92 Å². The second kappa shape index (κ2) is 6.36. The van der Waals surface area contributed by atoms with Crippen LogP contribution in [0.2, 0.25) is 0 Å². The summed E-state index contributed by atoms with van der Waals surface area (Å²) >= 11 is 0. The van der Waals surface area contributed by atoms with Crippen LogP contribution in [-0.2, 0) is 9.59 Å². The minimum Gasteiger partial charge on any atom is -0.481 e. The maximum atomic E-state index is 11.2. The number of carbonyl (C=O) groups excluding carboxylic acids is 1. The lowest BCUT2D eigenvalue weighted by atomic mass is 9.98. The second-order valence-corrected chi connectivity index (χ2v) is 3.64. The van der Waals surface area contributed by atoms with Crippen LogP contribution in [0.1, 0.15) is 26.2 Å². The lowest BCUT2D eigenvalue weighted by Gasteiger charge is -2.21. The Morgan fingerprint density at radius 1 is 1.40 bits per heavy atom. The van der Waals surface area contributed by atoms with Gasteiger partial charge in [-0.2, -0.15) is 0 Å². The number of aliphatic hydroxyl groups excluding tert-OH is 1. The smallest absolute Gasteiger partial charge is 0.305 e. The quantitative estimate of drug-likeness (QED) is 0.444. The molecule has 6 heteroatoms. The summed E-state index contributed by atoms with van der Waals surface area (Å²) in [5.74, 6) is -1.41. The molecule has 1 unspecified atom stereocenters. The Bertz CT molecular complexity index is 227. The van der Waals surface area contributed by atoms with Gasteiger partial charge in [-0.05, 0) is 13.3 Å². The number of nitrogens with one attached hydrogen (secondary N) is 1. The summed E-state index contributed by atoms with van der Waals surface area (Å²) in [6.07, 6.45) is -0.180. The molecule has 0 heterocycles. The van der Waals surface area contributed by atoms with Gasteiger partial charge < -0.3 is 20.6 Å². The Kier molecular flexibility index (Phi) is 5.88. The van der Waals surface area contributed by atoms with Crippen molar-refractivity contribution in [2.75, 3.05) is 13.2 Å². The van der Waals surface area contributed by atoms with Crippen molar-refractivity contribution < 1.29 is 24.9 Å². The minimum absolute atomic E-state index is 0.0450. The molecule has 4 N–H and O–H groups in total. The van der Waals surface area contributed by atoms with Crippen LogP contribution >= 0.6 is 0 Å². The van der Waals surface area contributed by atoms with Crippen molar-refractivity contribution in [2.45, 2.75) is 31.8 Å². The summed E-state index contributed by atoms with van der Waals surface area (Å²) in [6, 6.07) is 0. The molecule has 0 aromatic heterocycles. The normalized spacial score (nSPS) is 14.3. The van der Waals surface area contributed by atoms with E-state index in [1.807, 2.05) is 0 Å². The number of hydrogen-bond donors (Lipinski definition) is 4. The third kappa shape index (κ3) is 7.90. The molecule has 0 saturated carbocycles. The predicted molar refractivity (Wildman–Crippen MR) is 52.2 cm³/mol. The third-order valence-corrected chi connectivity index (χ3v) is 1.85. The number of carbonyl (C=O) groups is 2. The Hall–Kier alpha value is -1.14. The molecule has 0 rings (SSSR count). The summed E-state index contributed by atoms with van der Waals surface area (Å²) in [5.41, 5.74) is -1.25. The van der Waals surface area contributed by atoms with Crippen LogP contribution in [0.3, 0.4) is 0 Å².